The summed E-state index contributed by atoms with van der Waals surface area (Å²) in [6.45, 7) is 7.39. The van der Waals surface area contributed by atoms with E-state index >= 15 is 0 Å². The topological polar surface area (TPSA) is 39.8 Å². The number of hydrogen-bond acceptors (Lipinski definition) is 2. The summed E-state index contributed by atoms with van der Waals surface area (Å²) in [6, 6.07) is 1.85. The van der Waals surface area contributed by atoms with Gasteiger partial charge in [-0.2, -0.15) is 5.10 Å². The van der Waals surface area contributed by atoms with Crippen LogP contribution in [0.15, 0.2) is 18.5 Å². The van der Waals surface area contributed by atoms with Gasteiger partial charge in [0.15, 0.2) is 5.78 Å². The Labute approximate surface area is 124 Å². The Morgan fingerprint density at radius 1 is 1.35 bits per heavy atom. The molecule has 108 valence electrons. The fourth-order valence-electron chi connectivity index (χ4n) is 2.25. The number of rotatable bonds is 6. The molecule has 2 rings (SSSR count). The number of hydrogen-bond donors (Lipinski definition) is 0. The first-order valence-electron chi connectivity index (χ1n) is 7.03. The quantitative estimate of drug-likeness (QED) is 0.764. The summed E-state index contributed by atoms with van der Waals surface area (Å²) in [5.41, 5.74) is 2.68. The lowest BCUT2D eigenvalue weighted by atomic mass is 10.2. The van der Waals surface area contributed by atoms with Gasteiger partial charge in [-0.3, -0.25) is 9.48 Å². The van der Waals surface area contributed by atoms with Gasteiger partial charge in [0, 0.05) is 30.9 Å². The summed E-state index contributed by atoms with van der Waals surface area (Å²) in [5, 5.41) is 5.25. The molecule has 0 atom stereocenters. The molecule has 5 heteroatoms. The van der Waals surface area contributed by atoms with Crippen molar-refractivity contribution in [2.24, 2.45) is 0 Å². The van der Waals surface area contributed by atoms with Crippen molar-refractivity contribution in [2.75, 3.05) is 0 Å². The fourth-order valence-corrected chi connectivity index (χ4v) is 2.58. The molecule has 0 unspecified atom stereocenters. The van der Waals surface area contributed by atoms with Crippen molar-refractivity contribution in [2.45, 2.75) is 46.7 Å². The second-order valence-electron chi connectivity index (χ2n) is 4.73. The molecular formula is C15H20ClN3O. The number of aromatic nitrogens is 3. The highest BCUT2D eigenvalue weighted by atomic mass is 35.5. The van der Waals surface area contributed by atoms with Crippen LogP contribution in [0, 0.1) is 0 Å². The lowest BCUT2D eigenvalue weighted by Gasteiger charge is -2.06. The Hall–Kier alpha value is -1.55. The Morgan fingerprint density at radius 2 is 2.10 bits per heavy atom. The summed E-state index contributed by atoms with van der Waals surface area (Å²) in [7, 11) is 0. The van der Waals surface area contributed by atoms with Crippen LogP contribution in [-0.2, 0) is 19.5 Å². The first-order chi connectivity index (χ1) is 9.60. The maximum absolute atomic E-state index is 11.7. The highest BCUT2D eigenvalue weighted by Crippen LogP contribution is 2.22. The van der Waals surface area contributed by atoms with Crippen molar-refractivity contribution in [1.82, 2.24) is 14.3 Å². The number of nitrogens with zero attached hydrogens (tertiary/aromatic N) is 3. The highest BCUT2D eigenvalue weighted by molar-refractivity contribution is 6.31. The van der Waals surface area contributed by atoms with E-state index in [2.05, 4.69) is 5.10 Å². The molecule has 20 heavy (non-hydrogen) atoms. The van der Waals surface area contributed by atoms with Gasteiger partial charge in [0.05, 0.1) is 23.0 Å². The van der Waals surface area contributed by atoms with Crippen molar-refractivity contribution in [1.29, 1.82) is 0 Å². The molecule has 0 radical (unpaired) electrons. The highest BCUT2D eigenvalue weighted by Gasteiger charge is 2.15. The van der Waals surface area contributed by atoms with E-state index in [0.717, 1.165) is 34.9 Å². The first-order valence-corrected chi connectivity index (χ1v) is 7.41. The zero-order chi connectivity index (χ0) is 14.7. The van der Waals surface area contributed by atoms with Gasteiger partial charge in [-0.15, -0.1) is 0 Å². The van der Waals surface area contributed by atoms with Crippen LogP contribution in [0.5, 0.6) is 0 Å². The second kappa shape index (κ2) is 6.27. The standard InChI is InChI=1S/C15H20ClN3O/c1-4-12-15(16)13(19(6-3)17-12)10-18-8-7-11(9-18)14(20)5-2/h7-9H,4-6,10H2,1-3H3. The molecule has 0 aromatic carbocycles. The molecule has 0 N–H and O–H groups in total. The molecule has 0 bridgehead atoms. The Balaban J connectivity index is 2.27. The minimum atomic E-state index is 0.160. The van der Waals surface area contributed by atoms with Crippen molar-refractivity contribution >= 4 is 17.4 Å². The third-order valence-corrected chi connectivity index (χ3v) is 3.86. The average Bonchev–Trinajstić information content (AvgIpc) is 3.04. The molecular weight excluding hydrogens is 274 g/mol. The van der Waals surface area contributed by atoms with Gasteiger partial charge in [-0.25, -0.2) is 0 Å². The summed E-state index contributed by atoms with van der Waals surface area (Å²) in [4.78, 5) is 11.7. The van der Waals surface area contributed by atoms with E-state index in [-0.39, 0.29) is 5.78 Å². The van der Waals surface area contributed by atoms with Crippen molar-refractivity contribution in [3.63, 3.8) is 0 Å². The number of Topliss-reactive ketones (excluding diaryl/α,β-unsaturated/α-hetero) is 1. The summed E-state index contributed by atoms with van der Waals surface area (Å²) in [5.74, 6) is 0.160. The van der Waals surface area contributed by atoms with Gasteiger partial charge in [0.25, 0.3) is 0 Å². The predicted molar refractivity (Wildman–Crippen MR) is 80.4 cm³/mol. The summed E-state index contributed by atoms with van der Waals surface area (Å²) in [6.07, 6.45) is 5.14. The van der Waals surface area contributed by atoms with Crippen LogP contribution in [0.2, 0.25) is 5.02 Å². The van der Waals surface area contributed by atoms with Crippen molar-refractivity contribution < 1.29 is 4.79 Å². The molecule has 0 saturated carbocycles. The van der Waals surface area contributed by atoms with E-state index in [9.17, 15) is 4.79 Å². The van der Waals surface area contributed by atoms with Crippen LogP contribution in [-0.4, -0.2) is 20.1 Å². The Bertz CT molecular complexity index is 613. The maximum atomic E-state index is 11.7. The van der Waals surface area contributed by atoms with Gasteiger partial charge < -0.3 is 4.57 Å². The largest absolute Gasteiger partial charge is 0.348 e. The SMILES string of the molecule is CCC(=O)c1ccn(Cc2c(Cl)c(CC)nn2CC)c1. The lowest BCUT2D eigenvalue weighted by molar-refractivity contribution is 0.0988. The second-order valence-corrected chi connectivity index (χ2v) is 5.10. The first kappa shape index (κ1) is 14.9. The average molecular weight is 294 g/mol. The molecule has 0 aliphatic rings. The van der Waals surface area contributed by atoms with Gasteiger partial charge in [0.2, 0.25) is 0 Å². The number of aryl methyl sites for hydroxylation is 2. The van der Waals surface area contributed by atoms with E-state index in [1.807, 2.05) is 48.5 Å². The molecule has 0 spiro atoms. The monoisotopic (exact) mass is 293 g/mol. The van der Waals surface area contributed by atoms with Crippen LogP contribution in [0.3, 0.4) is 0 Å². The van der Waals surface area contributed by atoms with E-state index in [1.165, 1.54) is 0 Å². The van der Waals surface area contributed by atoms with Gasteiger partial charge in [0.1, 0.15) is 0 Å². The number of halogens is 1. The number of carbonyl (C=O) groups excluding carboxylic acids is 1. The maximum Gasteiger partial charge on any atom is 0.164 e. The predicted octanol–water partition coefficient (Wildman–Crippen LogP) is 3.56. The minimum absolute atomic E-state index is 0.160. The molecule has 0 aliphatic carbocycles. The van der Waals surface area contributed by atoms with Crippen LogP contribution < -0.4 is 0 Å². The van der Waals surface area contributed by atoms with E-state index in [0.29, 0.717) is 13.0 Å². The van der Waals surface area contributed by atoms with Crippen LogP contribution in [0.1, 0.15) is 48.9 Å². The van der Waals surface area contributed by atoms with Crippen molar-refractivity contribution in [3.05, 3.63) is 40.4 Å². The summed E-state index contributed by atoms with van der Waals surface area (Å²) < 4.78 is 3.92. The third-order valence-electron chi connectivity index (χ3n) is 3.42. The van der Waals surface area contributed by atoms with E-state index in [4.69, 9.17) is 11.6 Å². The van der Waals surface area contributed by atoms with Crippen molar-refractivity contribution in [3.8, 4) is 0 Å². The van der Waals surface area contributed by atoms with Crippen LogP contribution in [0.4, 0.5) is 0 Å². The molecule has 0 saturated heterocycles. The lowest BCUT2D eigenvalue weighted by Crippen LogP contribution is -2.07. The molecule has 0 fully saturated rings. The summed E-state index contributed by atoms with van der Waals surface area (Å²) >= 11 is 6.39. The van der Waals surface area contributed by atoms with Gasteiger partial charge in [-0.05, 0) is 19.4 Å². The minimum Gasteiger partial charge on any atom is -0.348 e. The molecule has 4 nitrogen and oxygen atoms in total. The normalized spacial score (nSPS) is 11.0. The smallest absolute Gasteiger partial charge is 0.164 e. The van der Waals surface area contributed by atoms with E-state index < -0.39 is 0 Å². The van der Waals surface area contributed by atoms with Gasteiger partial charge >= 0.3 is 0 Å². The zero-order valence-electron chi connectivity index (χ0n) is 12.2. The molecule has 0 aliphatic heterocycles. The third kappa shape index (κ3) is 2.80. The Kier molecular flexibility index (Phi) is 4.65. The van der Waals surface area contributed by atoms with Crippen LogP contribution >= 0.6 is 11.6 Å². The molecule has 0 amide bonds. The van der Waals surface area contributed by atoms with Crippen LogP contribution in [0.25, 0.3) is 0 Å². The Morgan fingerprint density at radius 3 is 2.70 bits per heavy atom. The molecule has 2 heterocycles. The fraction of sp³-hybridized carbons (Fsp3) is 0.467. The number of carbonyl (C=O) groups is 1. The van der Waals surface area contributed by atoms with E-state index in [1.54, 1.807) is 0 Å². The van der Waals surface area contributed by atoms with Gasteiger partial charge in [-0.1, -0.05) is 25.4 Å². The molecule has 2 aromatic rings. The molecule has 2 aromatic heterocycles. The number of ketones is 1. The zero-order valence-corrected chi connectivity index (χ0v) is 12.9.